The second-order valence-electron chi connectivity index (χ2n) is 4.32. The molecule has 2 N–H and O–H groups in total. The quantitative estimate of drug-likeness (QED) is 0.875. The maximum Gasteiger partial charge on any atom is 0.238 e. The number of halogens is 2. The van der Waals surface area contributed by atoms with Crippen LogP contribution in [0.2, 0.25) is 0 Å². The lowest BCUT2D eigenvalue weighted by molar-refractivity contribution is -0.115. The van der Waals surface area contributed by atoms with Gasteiger partial charge in [0, 0.05) is 11.7 Å². The molecule has 0 fully saturated rings. The largest absolute Gasteiger partial charge is 0.325 e. The Morgan fingerprint density at radius 1 is 1.50 bits per heavy atom. The molecule has 0 aliphatic heterocycles. The van der Waals surface area contributed by atoms with Crippen LogP contribution in [0.3, 0.4) is 0 Å². The molecule has 1 rings (SSSR count). The molecule has 1 atom stereocenters. The first-order valence-electron chi connectivity index (χ1n) is 5.93. The van der Waals surface area contributed by atoms with Gasteiger partial charge in [0.15, 0.2) is 0 Å². The maximum absolute atomic E-state index is 13.4. The number of amides is 1. The van der Waals surface area contributed by atoms with E-state index in [1.54, 1.807) is 6.07 Å². The number of carbonyl (C=O) groups is 1. The average molecular weight is 317 g/mol. The van der Waals surface area contributed by atoms with E-state index < -0.39 is 0 Å². The summed E-state index contributed by atoms with van der Waals surface area (Å²) in [6, 6.07) is 3.26. The highest BCUT2D eigenvalue weighted by Gasteiger charge is 2.09. The minimum Gasteiger partial charge on any atom is -0.325 e. The highest BCUT2D eigenvalue weighted by molar-refractivity contribution is 9.10. The molecular formula is C13H18BrFN2O. The fourth-order valence-electron chi connectivity index (χ4n) is 1.39. The Labute approximate surface area is 115 Å². The van der Waals surface area contributed by atoms with Crippen LogP contribution in [0, 0.1) is 12.7 Å². The van der Waals surface area contributed by atoms with Crippen molar-refractivity contribution in [3.8, 4) is 0 Å². The first kappa shape index (κ1) is 15.1. The molecule has 18 heavy (non-hydrogen) atoms. The van der Waals surface area contributed by atoms with Crippen molar-refractivity contribution in [2.45, 2.75) is 33.2 Å². The van der Waals surface area contributed by atoms with E-state index in [-0.39, 0.29) is 18.3 Å². The van der Waals surface area contributed by atoms with Crippen molar-refractivity contribution >= 4 is 27.5 Å². The molecule has 0 saturated carbocycles. The third-order valence-electron chi connectivity index (χ3n) is 2.76. The SMILES string of the molecule is CCC(C)NCC(=O)Nc1cc(F)c(Br)cc1C. The van der Waals surface area contributed by atoms with Crippen molar-refractivity contribution in [1.29, 1.82) is 0 Å². The van der Waals surface area contributed by atoms with Gasteiger partial charge in [-0.15, -0.1) is 0 Å². The summed E-state index contributed by atoms with van der Waals surface area (Å²) in [5, 5.41) is 5.78. The molecule has 0 spiro atoms. The summed E-state index contributed by atoms with van der Waals surface area (Å²) in [6.45, 7) is 6.11. The van der Waals surface area contributed by atoms with E-state index in [4.69, 9.17) is 0 Å². The predicted octanol–water partition coefficient (Wildman–Crippen LogP) is 3.22. The van der Waals surface area contributed by atoms with Crippen molar-refractivity contribution in [2.24, 2.45) is 0 Å². The Morgan fingerprint density at radius 2 is 2.17 bits per heavy atom. The van der Waals surface area contributed by atoms with Crippen molar-refractivity contribution in [3.05, 3.63) is 28.0 Å². The molecule has 0 saturated heterocycles. The summed E-state index contributed by atoms with van der Waals surface area (Å²) >= 11 is 3.11. The number of hydrogen-bond donors (Lipinski definition) is 2. The van der Waals surface area contributed by atoms with E-state index in [2.05, 4.69) is 26.6 Å². The van der Waals surface area contributed by atoms with E-state index >= 15 is 0 Å². The lowest BCUT2D eigenvalue weighted by atomic mass is 10.2. The second-order valence-corrected chi connectivity index (χ2v) is 5.17. The van der Waals surface area contributed by atoms with E-state index in [0.29, 0.717) is 16.2 Å². The van der Waals surface area contributed by atoms with Gasteiger partial charge in [-0.1, -0.05) is 6.92 Å². The highest BCUT2D eigenvalue weighted by atomic mass is 79.9. The number of hydrogen-bond acceptors (Lipinski definition) is 2. The monoisotopic (exact) mass is 316 g/mol. The zero-order chi connectivity index (χ0) is 13.7. The van der Waals surface area contributed by atoms with Crippen LogP contribution >= 0.6 is 15.9 Å². The fourth-order valence-corrected chi connectivity index (χ4v) is 1.84. The molecule has 1 amide bonds. The van der Waals surface area contributed by atoms with Crippen LogP contribution in [0.15, 0.2) is 16.6 Å². The van der Waals surface area contributed by atoms with Gasteiger partial charge in [-0.05, 0) is 53.9 Å². The van der Waals surface area contributed by atoms with Gasteiger partial charge in [-0.3, -0.25) is 4.79 Å². The van der Waals surface area contributed by atoms with Crippen LogP contribution in [0.5, 0.6) is 0 Å². The summed E-state index contributed by atoms with van der Waals surface area (Å²) in [4.78, 5) is 11.7. The molecule has 0 aliphatic rings. The van der Waals surface area contributed by atoms with Gasteiger partial charge in [-0.2, -0.15) is 0 Å². The van der Waals surface area contributed by atoms with Gasteiger partial charge in [0.1, 0.15) is 5.82 Å². The van der Waals surface area contributed by atoms with Crippen LogP contribution in [-0.4, -0.2) is 18.5 Å². The van der Waals surface area contributed by atoms with Gasteiger partial charge < -0.3 is 10.6 Å². The topological polar surface area (TPSA) is 41.1 Å². The second kappa shape index (κ2) is 6.85. The van der Waals surface area contributed by atoms with Crippen molar-refractivity contribution in [1.82, 2.24) is 5.32 Å². The number of carbonyl (C=O) groups excluding carboxylic acids is 1. The molecule has 0 aromatic heterocycles. The molecular weight excluding hydrogens is 299 g/mol. The molecule has 3 nitrogen and oxygen atoms in total. The number of nitrogens with one attached hydrogen (secondary N) is 2. The highest BCUT2D eigenvalue weighted by Crippen LogP contribution is 2.23. The van der Waals surface area contributed by atoms with Gasteiger partial charge in [0.25, 0.3) is 0 Å². The molecule has 1 unspecified atom stereocenters. The summed E-state index contributed by atoms with van der Waals surface area (Å²) in [7, 11) is 0. The van der Waals surface area contributed by atoms with E-state index in [1.807, 2.05) is 20.8 Å². The van der Waals surface area contributed by atoms with Crippen LogP contribution in [0.4, 0.5) is 10.1 Å². The Hall–Kier alpha value is -0.940. The third-order valence-corrected chi connectivity index (χ3v) is 3.37. The van der Waals surface area contributed by atoms with E-state index in [9.17, 15) is 9.18 Å². The minimum absolute atomic E-state index is 0.167. The van der Waals surface area contributed by atoms with Gasteiger partial charge in [0.05, 0.1) is 11.0 Å². The van der Waals surface area contributed by atoms with E-state index in [1.165, 1.54) is 6.07 Å². The first-order chi connectivity index (χ1) is 8.43. The summed E-state index contributed by atoms with van der Waals surface area (Å²) in [6.07, 6.45) is 0.958. The zero-order valence-electron chi connectivity index (χ0n) is 10.8. The van der Waals surface area contributed by atoms with Crippen molar-refractivity contribution in [2.75, 3.05) is 11.9 Å². The summed E-state index contributed by atoms with van der Waals surface area (Å²) in [5.74, 6) is -0.550. The smallest absolute Gasteiger partial charge is 0.238 e. The molecule has 1 aromatic carbocycles. The number of aryl methyl sites for hydroxylation is 1. The molecule has 100 valence electrons. The van der Waals surface area contributed by atoms with Crippen LogP contribution in [0.25, 0.3) is 0 Å². The normalized spacial score (nSPS) is 12.3. The standard InChI is InChI=1S/C13H18BrFN2O/c1-4-9(3)16-7-13(18)17-12-6-11(15)10(14)5-8(12)2/h5-6,9,16H,4,7H2,1-3H3,(H,17,18). The Kier molecular flexibility index (Phi) is 5.75. The van der Waals surface area contributed by atoms with Crippen LogP contribution in [-0.2, 0) is 4.79 Å². The van der Waals surface area contributed by atoms with Crippen LogP contribution < -0.4 is 10.6 Å². The lowest BCUT2D eigenvalue weighted by Gasteiger charge is -2.13. The predicted molar refractivity (Wildman–Crippen MR) is 75.2 cm³/mol. The lowest BCUT2D eigenvalue weighted by Crippen LogP contribution is -2.34. The molecule has 0 bridgehead atoms. The van der Waals surface area contributed by atoms with E-state index in [0.717, 1.165) is 12.0 Å². The summed E-state index contributed by atoms with van der Waals surface area (Å²) in [5.41, 5.74) is 1.33. The van der Waals surface area contributed by atoms with Gasteiger partial charge >= 0.3 is 0 Å². The maximum atomic E-state index is 13.4. The van der Waals surface area contributed by atoms with Crippen LogP contribution in [0.1, 0.15) is 25.8 Å². The Morgan fingerprint density at radius 3 is 2.78 bits per heavy atom. The van der Waals surface area contributed by atoms with Gasteiger partial charge in [0.2, 0.25) is 5.91 Å². The fraction of sp³-hybridized carbons (Fsp3) is 0.462. The zero-order valence-corrected chi connectivity index (χ0v) is 12.4. The number of benzene rings is 1. The van der Waals surface area contributed by atoms with Crippen molar-refractivity contribution in [3.63, 3.8) is 0 Å². The molecule has 1 aromatic rings. The molecule has 0 heterocycles. The molecule has 0 aliphatic carbocycles. The average Bonchev–Trinajstić information content (AvgIpc) is 2.33. The van der Waals surface area contributed by atoms with Gasteiger partial charge in [-0.25, -0.2) is 4.39 Å². The van der Waals surface area contributed by atoms with Crippen molar-refractivity contribution < 1.29 is 9.18 Å². The number of rotatable bonds is 5. The summed E-state index contributed by atoms with van der Waals surface area (Å²) < 4.78 is 13.8. The molecule has 5 heteroatoms. The third kappa shape index (κ3) is 4.38. The first-order valence-corrected chi connectivity index (χ1v) is 6.72. The Balaban J connectivity index is 2.62. The molecule has 0 radical (unpaired) electrons. The number of anilines is 1. The minimum atomic E-state index is -0.384. The Bertz CT molecular complexity index is 437.